The van der Waals surface area contributed by atoms with Crippen molar-refractivity contribution >= 4 is 17.3 Å². The average Bonchev–Trinajstić information content (AvgIpc) is 2.74. The molecule has 0 bridgehead atoms. The highest BCUT2D eigenvalue weighted by molar-refractivity contribution is 5.95. The third-order valence-corrected chi connectivity index (χ3v) is 4.22. The molecule has 3 aromatic heterocycles. The van der Waals surface area contributed by atoms with E-state index in [1.54, 1.807) is 18.6 Å². The molecule has 3 heterocycles. The Kier molecular flexibility index (Phi) is 6.85. The van der Waals surface area contributed by atoms with Crippen molar-refractivity contribution in [1.82, 2.24) is 19.9 Å². The number of aromatic nitrogens is 4. The molecule has 3 rings (SSSR count). The number of carbonyl (C=O) groups excluding carboxylic acids is 1. The largest absolute Gasteiger partial charge is 0.382 e. The van der Waals surface area contributed by atoms with E-state index >= 15 is 0 Å². The minimum Gasteiger partial charge on any atom is -0.382 e. The molecule has 3 aromatic rings. The Balaban J connectivity index is 1.59. The number of nitrogens with zero attached hydrogens (tertiary/aromatic N) is 4. The predicted octanol–water partition coefficient (Wildman–Crippen LogP) is 2.84. The van der Waals surface area contributed by atoms with Crippen LogP contribution in [0.3, 0.4) is 0 Å². The summed E-state index contributed by atoms with van der Waals surface area (Å²) in [6, 6.07) is 7.38. The fourth-order valence-corrected chi connectivity index (χ4v) is 2.71. The summed E-state index contributed by atoms with van der Waals surface area (Å²) in [5.41, 5.74) is 9.43. The van der Waals surface area contributed by atoms with Gasteiger partial charge in [-0.15, -0.1) is 11.8 Å². The van der Waals surface area contributed by atoms with Crippen LogP contribution in [0.4, 0.5) is 11.5 Å². The molecule has 7 nitrogen and oxygen atoms in total. The topological polar surface area (TPSA) is 107 Å². The Bertz CT molecular complexity index is 1040. The average molecular weight is 386 g/mol. The van der Waals surface area contributed by atoms with Gasteiger partial charge in [-0.05, 0) is 36.8 Å². The van der Waals surface area contributed by atoms with Gasteiger partial charge in [0, 0.05) is 37.9 Å². The summed E-state index contributed by atoms with van der Waals surface area (Å²) < 4.78 is 0. The predicted molar refractivity (Wildman–Crippen MR) is 112 cm³/mol. The van der Waals surface area contributed by atoms with Gasteiger partial charge in [0.1, 0.15) is 11.5 Å². The molecule has 0 aliphatic heterocycles. The highest BCUT2D eigenvalue weighted by Crippen LogP contribution is 2.15. The van der Waals surface area contributed by atoms with Crippen molar-refractivity contribution in [3.63, 3.8) is 0 Å². The van der Waals surface area contributed by atoms with Gasteiger partial charge >= 0.3 is 0 Å². The molecule has 7 heteroatoms. The Morgan fingerprint density at radius 3 is 2.76 bits per heavy atom. The molecule has 0 amide bonds. The zero-order chi connectivity index (χ0) is 20.5. The summed E-state index contributed by atoms with van der Waals surface area (Å²) in [5, 5.41) is 3.20. The molecular weight excluding hydrogens is 364 g/mol. The van der Waals surface area contributed by atoms with Crippen molar-refractivity contribution in [2.24, 2.45) is 0 Å². The maximum Gasteiger partial charge on any atom is 0.187 e. The highest BCUT2D eigenvalue weighted by Gasteiger charge is 2.10. The van der Waals surface area contributed by atoms with Crippen molar-refractivity contribution in [2.45, 2.75) is 32.7 Å². The number of aryl methyl sites for hydroxylation is 1. The summed E-state index contributed by atoms with van der Waals surface area (Å²) in [5.74, 6) is 6.19. The van der Waals surface area contributed by atoms with Gasteiger partial charge < -0.3 is 11.1 Å². The summed E-state index contributed by atoms with van der Waals surface area (Å²) in [6.07, 6.45) is 8.20. The number of nitrogen functional groups attached to an aromatic ring is 1. The SMILES string of the molecule is CC#CCCc1cnc(C(=O)Cc2ccnc(CNc3cccnc3N)c2)cn1. The van der Waals surface area contributed by atoms with Gasteiger partial charge in [-0.1, -0.05) is 0 Å². The lowest BCUT2D eigenvalue weighted by Gasteiger charge is -2.09. The maximum absolute atomic E-state index is 12.5. The highest BCUT2D eigenvalue weighted by atomic mass is 16.1. The van der Waals surface area contributed by atoms with Gasteiger partial charge in [0.05, 0.1) is 29.8 Å². The van der Waals surface area contributed by atoms with Crippen LogP contribution in [0.2, 0.25) is 0 Å². The Morgan fingerprint density at radius 1 is 1.10 bits per heavy atom. The smallest absolute Gasteiger partial charge is 0.187 e. The van der Waals surface area contributed by atoms with E-state index in [4.69, 9.17) is 5.73 Å². The number of hydrogen-bond acceptors (Lipinski definition) is 7. The molecule has 3 N–H and O–H groups in total. The van der Waals surface area contributed by atoms with E-state index in [0.717, 1.165) is 35.5 Å². The molecule has 146 valence electrons. The van der Waals surface area contributed by atoms with Crippen molar-refractivity contribution in [3.8, 4) is 11.8 Å². The lowest BCUT2D eigenvalue weighted by Crippen LogP contribution is -2.09. The van der Waals surface area contributed by atoms with Gasteiger partial charge in [-0.25, -0.2) is 9.97 Å². The Labute approximate surface area is 169 Å². The number of rotatable bonds is 8. The molecule has 0 radical (unpaired) electrons. The normalized spacial score (nSPS) is 10.1. The van der Waals surface area contributed by atoms with Crippen LogP contribution in [0.15, 0.2) is 49.1 Å². The molecular formula is C22H22N6O. The molecule has 0 aliphatic carbocycles. The van der Waals surface area contributed by atoms with Crippen LogP contribution in [0, 0.1) is 11.8 Å². The van der Waals surface area contributed by atoms with Gasteiger partial charge in [0.15, 0.2) is 5.78 Å². The monoisotopic (exact) mass is 386 g/mol. The zero-order valence-electron chi connectivity index (χ0n) is 16.2. The van der Waals surface area contributed by atoms with E-state index in [0.29, 0.717) is 18.1 Å². The van der Waals surface area contributed by atoms with E-state index in [1.165, 1.54) is 6.20 Å². The Morgan fingerprint density at radius 2 is 2.00 bits per heavy atom. The van der Waals surface area contributed by atoms with Crippen LogP contribution < -0.4 is 11.1 Å². The molecule has 0 fully saturated rings. The first kappa shape index (κ1) is 20.0. The summed E-state index contributed by atoms with van der Waals surface area (Å²) in [6.45, 7) is 2.29. The summed E-state index contributed by atoms with van der Waals surface area (Å²) in [4.78, 5) is 29.5. The number of nitrogens with two attached hydrogens (primary N) is 1. The molecule has 0 aliphatic rings. The van der Waals surface area contributed by atoms with E-state index in [2.05, 4.69) is 37.1 Å². The minimum absolute atomic E-state index is 0.0842. The second-order valence-electron chi connectivity index (χ2n) is 6.36. The molecule has 0 saturated heterocycles. The first-order chi connectivity index (χ1) is 14.2. The second kappa shape index (κ2) is 9.95. The fraction of sp³-hybridized carbons (Fsp3) is 0.227. The molecule has 0 aromatic carbocycles. The number of anilines is 2. The van der Waals surface area contributed by atoms with Crippen LogP contribution >= 0.6 is 0 Å². The van der Waals surface area contributed by atoms with E-state index < -0.39 is 0 Å². The van der Waals surface area contributed by atoms with Crippen molar-refractivity contribution in [1.29, 1.82) is 0 Å². The van der Waals surface area contributed by atoms with Gasteiger partial charge in [-0.3, -0.25) is 14.8 Å². The molecule has 0 saturated carbocycles. The summed E-state index contributed by atoms with van der Waals surface area (Å²) in [7, 11) is 0. The van der Waals surface area contributed by atoms with Crippen LogP contribution in [-0.2, 0) is 19.4 Å². The summed E-state index contributed by atoms with van der Waals surface area (Å²) >= 11 is 0. The first-order valence-corrected chi connectivity index (χ1v) is 9.27. The lowest BCUT2D eigenvalue weighted by molar-refractivity contribution is 0.0988. The maximum atomic E-state index is 12.5. The van der Waals surface area contributed by atoms with E-state index in [-0.39, 0.29) is 12.2 Å². The lowest BCUT2D eigenvalue weighted by atomic mass is 10.1. The van der Waals surface area contributed by atoms with Crippen LogP contribution in [0.1, 0.15) is 40.8 Å². The van der Waals surface area contributed by atoms with Gasteiger partial charge in [0.25, 0.3) is 0 Å². The van der Waals surface area contributed by atoms with Crippen molar-refractivity contribution < 1.29 is 4.79 Å². The second-order valence-corrected chi connectivity index (χ2v) is 6.36. The number of Topliss-reactive ketones (excluding diaryl/α,β-unsaturated/α-hetero) is 1. The van der Waals surface area contributed by atoms with Crippen LogP contribution in [0.5, 0.6) is 0 Å². The number of hydrogen-bond donors (Lipinski definition) is 2. The van der Waals surface area contributed by atoms with Crippen molar-refractivity contribution in [3.05, 3.63) is 71.7 Å². The third kappa shape index (κ3) is 5.84. The molecule has 0 spiro atoms. The van der Waals surface area contributed by atoms with Crippen molar-refractivity contribution in [2.75, 3.05) is 11.1 Å². The number of ketones is 1. The number of pyridine rings is 2. The van der Waals surface area contributed by atoms with Gasteiger partial charge in [-0.2, -0.15) is 0 Å². The van der Waals surface area contributed by atoms with Crippen LogP contribution in [0.25, 0.3) is 0 Å². The fourth-order valence-electron chi connectivity index (χ4n) is 2.71. The van der Waals surface area contributed by atoms with E-state index in [9.17, 15) is 4.79 Å². The number of carbonyl (C=O) groups is 1. The molecule has 29 heavy (non-hydrogen) atoms. The minimum atomic E-state index is -0.0842. The zero-order valence-corrected chi connectivity index (χ0v) is 16.2. The first-order valence-electron chi connectivity index (χ1n) is 9.27. The van der Waals surface area contributed by atoms with E-state index in [1.807, 2.05) is 31.2 Å². The standard InChI is InChI=1S/C22H22N6O/c1-2-3-4-6-17-13-28-20(15-26-17)21(29)12-16-8-10-24-18(11-16)14-27-19-7-5-9-25-22(19)23/h5,7-11,13,15,27H,4,6,12,14H2,1H3,(H2,23,25). The van der Waals surface area contributed by atoms with Gasteiger partial charge in [0.2, 0.25) is 0 Å². The molecule has 0 atom stereocenters. The third-order valence-electron chi connectivity index (χ3n) is 4.22. The molecule has 0 unspecified atom stereocenters. The quantitative estimate of drug-likeness (QED) is 0.453. The number of nitrogens with one attached hydrogen (secondary N) is 1. The van der Waals surface area contributed by atoms with Crippen LogP contribution in [-0.4, -0.2) is 25.7 Å². The Hall–Kier alpha value is -3.79.